The number of aryl methyl sites for hydroxylation is 1. The van der Waals surface area contributed by atoms with Crippen LogP contribution in [0.15, 0.2) is 95.4 Å². The highest BCUT2D eigenvalue weighted by molar-refractivity contribution is 5.79. The standard InChI is InChI=1S/C25H23NO/c1-4-12-20(13-5-1)22(21-14-6-2-7-15-21)16-8-3-9-19-25-26-23-17-10-11-18-24(23)27-25/h1-2,4-7,10-18H,3,8-9,19H2. The number of aromatic nitrogens is 1. The van der Waals surface area contributed by atoms with Gasteiger partial charge >= 0.3 is 0 Å². The Morgan fingerprint density at radius 3 is 2.04 bits per heavy atom. The summed E-state index contributed by atoms with van der Waals surface area (Å²) >= 11 is 0. The lowest BCUT2D eigenvalue weighted by Gasteiger charge is -2.08. The van der Waals surface area contributed by atoms with Crippen LogP contribution in [-0.2, 0) is 6.42 Å². The fraction of sp³-hybridized carbons (Fsp3) is 0.160. The molecule has 0 saturated heterocycles. The van der Waals surface area contributed by atoms with Crippen LogP contribution < -0.4 is 0 Å². The Morgan fingerprint density at radius 1 is 0.741 bits per heavy atom. The number of nitrogens with zero attached hydrogens (tertiary/aromatic N) is 1. The van der Waals surface area contributed by atoms with Crippen molar-refractivity contribution in [1.82, 2.24) is 4.98 Å². The lowest BCUT2D eigenvalue weighted by atomic mass is 9.96. The molecule has 4 rings (SSSR count). The van der Waals surface area contributed by atoms with E-state index in [9.17, 15) is 0 Å². The van der Waals surface area contributed by atoms with E-state index in [2.05, 4.69) is 71.7 Å². The van der Waals surface area contributed by atoms with Gasteiger partial charge in [-0.2, -0.15) is 0 Å². The zero-order valence-electron chi connectivity index (χ0n) is 15.3. The first-order chi connectivity index (χ1) is 13.4. The molecule has 27 heavy (non-hydrogen) atoms. The predicted molar refractivity (Wildman–Crippen MR) is 112 cm³/mol. The van der Waals surface area contributed by atoms with E-state index in [0.29, 0.717) is 0 Å². The summed E-state index contributed by atoms with van der Waals surface area (Å²) in [5, 5.41) is 0. The van der Waals surface area contributed by atoms with Crippen LogP contribution in [0.25, 0.3) is 16.7 Å². The number of hydrogen-bond acceptors (Lipinski definition) is 2. The fourth-order valence-electron chi connectivity index (χ4n) is 3.33. The maximum absolute atomic E-state index is 5.81. The molecule has 0 amide bonds. The van der Waals surface area contributed by atoms with Crippen LogP contribution in [-0.4, -0.2) is 4.98 Å². The lowest BCUT2D eigenvalue weighted by Crippen LogP contribution is -1.89. The van der Waals surface area contributed by atoms with Crippen LogP contribution >= 0.6 is 0 Å². The number of rotatable bonds is 7. The molecular weight excluding hydrogens is 330 g/mol. The van der Waals surface area contributed by atoms with Gasteiger partial charge in [-0.1, -0.05) is 78.9 Å². The molecule has 134 valence electrons. The molecule has 0 aliphatic carbocycles. The first-order valence-electron chi connectivity index (χ1n) is 9.55. The van der Waals surface area contributed by atoms with Gasteiger partial charge in [0.15, 0.2) is 11.5 Å². The van der Waals surface area contributed by atoms with Gasteiger partial charge in [0.05, 0.1) is 0 Å². The number of hydrogen-bond donors (Lipinski definition) is 0. The predicted octanol–water partition coefficient (Wildman–Crippen LogP) is 6.67. The summed E-state index contributed by atoms with van der Waals surface area (Å²) in [5.74, 6) is 0.839. The van der Waals surface area contributed by atoms with Crippen molar-refractivity contribution in [2.45, 2.75) is 25.7 Å². The molecule has 1 aromatic heterocycles. The number of oxazole rings is 1. The molecule has 0 fully saturated rings. The number of para-hydroxylation sites is 2. The first kappa shape index (κ1) is 17.3. The molecule has 0 spiro atoms. The van der Waals surface area contributed by atoms with Gasteiger partial charge in [0.1, 0.15) is 5.52 Å². The zero-order valence-corrected chi connectivity index (χ0v) is 15.3. The minimum atomic E-state index is 0.839. The summed E-state index contributed by atoms with van der Waals surface area (Å²) in [7, 11) is 0. The molecule has 0 N–H and O–H groups in total. The second-order valence-corrected chi connectivity index (χ2v) is 6.67. The van der Waals surface area contributed by atoms with Crippen molar-refractivity contribution in [3.8, 4) is 0 Å². The molecule has 0 aliphatic heterocycles. The topological polar surface area (TPSA) is 26.0 Å². The van der Waals surface area contributed by atoms with E-state index < -0.39 is 0 Å². The summed E-state index contributed by atoms with van der Waals surface area (Å²) in [5.41, 5.74) is 5.66. The van der Waals surface area contributed by atoms with Gasteiger partial charge in [0.2, 0.25) is 0 Å². The largest absolute Gasteiger partial charge is 0.441 e. The van der Waals surface area contributed by atoms with Crippen molar-refractivity contribution >= 4 is 16.7 Å². The smallest absolute Gasteiger partial charge is 0.195 e. The summed E-state index contributed by atoms with van der Waals surface area (Å²) in [6.07, 6.45) is 6.46. The van der Waals surface area contributed by atoms with E-state index >= 15 is 0 Å². The molecule has 3 aromatic carbocycles. The quantitative estimate of drug-likeness (QED) is 0.347. The van der Waals surface area contributed by atoms with E-state index in [1.54, 1.807) is 0 Å². The van der Waals surface area contributed by atoms with E-state index in [1.807, 2.05) is 24.3 Å². The monoisotopic (exact) mass is 353 g/mol. The number of unbranched alkanes of at least 4 members (excludes halogenated alkanes) is 2. The Morgan fingerprint density at radius 2 is 1.37 bits per heavy atom. The van der Waals surface area contributed by atoms with Gasteiger partial charge in [-0.05, 0) is 48.1 Å². The summed E-state index contributed by atoms with van der Waals surface area (Å²) < 4.78 is 5.81. The maximum Gasteiger partial charge on any atom is 0.195 e. The second-order valence-electron chi connectivity index (χ2n) is 6.67. The second kappa shape index (κ2) is 8.50. The number of fused-ring (bicyclic) bond motifs is 1. The Labute approximate surface area is 160 Å². The van der Waals surface area contributed by atoms with Gasteiger partial charge in [0, 0.05) is 6.42 Å². The molecule has 0 radical (unpaired) electrons. The summed E-state index contributed by atoms with van der Waals surface area (Å²) in [4.78, 5) is 4.56. The van der Waals surface area contributed by atoms with Gasteiger partial charge in [-0.15, -0.1) is 0 Å². The Kier molecular flexibility index (Phi) is 5.44. The number of benzene rings is 3. The van der Waals surface area contributed by atoms with Gasteiger partial charge in [-0.3, -0.25) is 0 Å². The lowest BCUT2D eigenvalue weighted by molar-refractivity contribution is 0.515. The molecule has 0 atom stereocenters. The highest BCUT2D eigenvalue weighted by atomic mass is 16.3. The summed E-state index contributed by atoms with van der Waals surface area (Å²) in [6, 6.07) is 29.2. The Bertz CT molecular complexity index is 941. The minimum Gasteiger partial charge on any atom is -0.441 e. The van der Waals surface area contributed by atoms with Gasteiger partial charge in [-0.25, -0.2) is 4.98 Å². The van der Waals surface area contributed by atoms with Crippen molar-refractivity contribution in [2.24, 2.45) is 0 Å². The van der Waals surface area contributed by atoms with Gasteiger partial charge in [0.25, 0.3) is 0 Å². The normalized spacial score (nSPS) is 10.8. The maximum atomic E-state index is 5.81. The molecule has 4 aromatic rings. The molecule has 1 heterocycles. The molecule has 0 aliphatic rings. The third kappa shape index (κ3) is 4.35. The first-order valence-corrected chi connectivity index (χ1v) is 9.55. The van der Waals surface area contributed by atoms with E-state index in [4.69, 9.17) is 4.42 Å². The van der Waals surface area contributed by atoms with Crippen LogP contribution in [0.4, 0.5) is 0 Å². The molecule has 0 saturated carbocycles. The third-order valence-corrected chi connectivity index (χ3v) is 4.70. The zero-order chi connectivity index (χ0) is 18.3. The highest BCUT2D eigenvalue weighted by Crippen LogP contribution is 2.24. The van der Waals surface area contributed by atoms with Crippen LogP contribution in [0.3, 0.4) is 0 Å². The average molecular weight is 353 g/mol. The minimum absolute atomic E-state index is 0.839. The van der Waals surface area contributed by atoms with Crippen molar-refractivity contribution in [3.63, 3.8) is 0 Å². The molecule has 2 nitrogen and oxygen atoms in total. The van der Waals surface area contributed by atoms with E-state index in [0.717, 1.165) is 42.7 Å². The fourth-order valence-corrected chi connectivity index (χ4v) is 3.33. The van der Waals surface area contributed by atoms with Crippen LogP contribution in [0.5, 0.6) is 0 Å². The van der Waals surface area contributed by atoms with E-state index in [1.165, 1.54) is 16.7 Å². The Hall–Kier alpha value is -3.13. The van der Waals surface area contributed by atoms with Crippen molar-refractivity contribution in [2.75, 3.05) is 0 Å². The molecule has 0 unspecified atom stereocenters. The SMILES string of the molecule is C(CCCCc1nc2ccccc2o1)=C(c1ccccc1)c1ccccc1. The highest BCUT2D eigenvalue weighted by Gasteiger charge is 2.06. The van der Waals surface area contributed by atoms with Crippen LogP contribution in [0, 0.1) is 0 Å². The van der Waals surface area contributed by atoms with E-state index in [-0.39, 0.29) is 0 Å². The molecular formula is C25H23NO. The number of allylic oxidation sites excluding steroid dienone is 1. The third-order valence-electron chi connectivity index (χ3n) is 4.70. The average Bonchev–Trinajstić information content (AvgIpc) is 3.15. The summed E-state index contributed by atoms with van der Waals surface area (Å²) in [6.45, 7) is 0. The molecule has 0 bridgehead atoms. The van der Waals surface area contributed by atoms with Gasteiger partial charge < -0.3 is 4.42 Å². The Balaban J connectivity index is 1.40. The molecule has 2 heteroatoms. The van der Waals surface area contributed by atoms with Crippen molar-refractivity contribution < 1.29 is 4.42 Å². The van der Waals surface area contributed by atoms with Crippen LogP contribution in [0.1, 0.15) is 36.3 Å². The van der Waals surface area contributed by atoms with Crippen molar-refractivity contribution in [1.29, 1.82) is 0 Å². The van der Waals surface area contributed by atoms with Crippen LogP contribution in [0.2, 0.25) is 0 Å². The van der Waals surface area contributed by atoms with Crippen molar-refractivity contribution in [3.05, 3.63) is 108 Å².